The molecule has 174 valence electrons. The van der Waals surface area contributed by atoms with Crippen molar-refractivity contribution < 1.29 is 14.4 Å². The molecule has 0 unspecified atom stereocenters. The van der Waals surface area contributed by atoms with E-state index in [9.17, 15) is 14.4 Å². The van der Waals surface area contributed by atoms with Crippen LogP contribution < -0.4 is 10.2 Å². The zero-order valence-electron chi connectivity index (χ0n) is 19.2. The van der Waals surface area contributed by atoms with Crippen molar-refractivity contribution in [2.75, 3.05) is 4.90 Å². The van der Waals surface area contributed by atoms with Crippen LogP contribution in [0.15, 0.2) is 82.8 Å². The van der Waals surface area contributed by atoms with Gasteiger partial charge in [0.1, 0.15) is 5.57 Å². The summed E-state index contributed by atoms with van der Waals surface area (Å²) < 4.78 is 3.18. The number of carbonyl (C=O) groups excluding carboxylic acids is 3. The number of barbiturate groups is 1. The normalized spacial score (nSPS) is 15.2. The number of benzene rings is 3. The van der Waals surface area contributed by atoms with Crippen LogP contribution in [0.1, 0.15) is 22.4 Å². The van der Waals surface area contributed by atoms with E-state index in [1.807, 2.05) is 62.4 Å². The van der Waals surface area contributed by atoms with Crippen molar-refractivity contribution >= 4 is 56.4 Å². The van der Waals surface area contributed by atoms with E-state index in [4.69, 9.17) is 0 Å². The minimum absolute atomic E-state index is 0.0835. The smallest absolute Gasteiger partial charge is 0.335 e. The van der Waals surface area contributed by atoms with Crippen molar-refractivity contribution in [3.8, 4) is 0 Å². The first-order chi connectivity index (χ1) is 16.8. The number of carbonyl (C=O) groups is 3. The largest absolute Gasteiger partial charge is 0.340 e. The number of rotatable bonds is 4. The lowest BCUT2D eigenvalue weighted by molar-refractivity contribution is -0.122. The number of anilines is 1. The van der Waals surface area contributed by atoms with E-state index in [-0.39, 0.29) is 5.57 Å². The molecule has 35 heavy (non-hydrogen) atoms. The molecule has 3 aromatic carbocycles. The Labute approximate surface area is 211 Å². The second-order valence-electron chi connectivity index (χ2n) is 8.52. The first-order valence-corrected chi connectivity index (χ1v) is 11.9. The number of imide groups is 2. The number of amides is 4. The zero-order valence-corrected chi connectivity index (χ0v) is 20.8. The fraction of sp³-hybridized carbons (Fsp3) is 0.107. The summed E-state index contributed by atoms with van der Waals surface area (Å²) in [4.78, 5) is 39.7. The average Bonchev–Trinajstić information content (AvgIpc) is 3.10. The van der Waals surface area contributed by atoms with E-state index in [0.717, 1.165) is 42.7 Å². The Morgan fingerprint density at radius 1 is 0.886 bits per heavy atom. The molecule has 4 amide bonds. The summed E-state index contributed by atoms with van der Waals surface area (Å²) >= 11 is 3.47. The third-order valence-electron chi connectivity index (χ3n) is 6.22. The van der Waals surface area contributed by atoms with Crippen LogP contribution in [-0.4, -0.2) is 22.4 Å². The summed E-state index contributed by atoms with van der Waals surface area (Å²) in [6, 6.07) is 22.3. The number of hydrogen-bond acceptors (Lipinski definition) is 3. The maximum absolute atomic E-state index is 13.4. The Morgan fingerprint density at radius 2 is 1.57 bits per heavy atom. The second-order valence-corrected chi connectivity index (χ2v) is 9.44. The Balaban J connectivity index is 1.60. The van der Waals surface area contributed by atoms with Crippen LogP contribution in [0.3, 0.4) is 0 Å². The number of aryl methyl sites for hydroxylation is 1. The van der Waals surface area contributed by atoms with Crippen LogP contribution in [0.5, 0.6) is 0 Å². The van der Waals surface area contributed by atoms with Gasteiger partial charge in [-0.3, -0.25) is 14.9 Å². The SMILES string of the molecule is Cc1ccc(N2C(=O)NC(=O)C(=Cc3c(C)n(Cc4ccc(Br)cc4)c4ccccc34)C2=O)cc1. The molecule has 1 aromatic heterocycles. The third-order valence-corrected chi connectivity index (χ3v) is 6.74. The van der Waals surface area contributed by atoms with Crippen LogP contribution in [0.2, 0.25) is 0 Å². The molecule has 0 saturated carbocycles. The standard InChI is InChI=1S/C28H22BrN3O3/c1-17-7-13-21(14-8-17)32-27(34)24(26(33)30-28(32)35)15-23-18(2)31(25-6-4-3-5-22(23)25)16-19-9-11-20(29)12-10-19/h3-15H,16H2,1-2H3,(H,30,33,35). The molecule has 5 rings (SSSR count). The highest BCUT2D eigenvalue weighted by atomic mass is 79.9. The van der Waals surface area contributed by atoms with Crippen LogP contribution >= 0.6 is 15.9 Å². The molecule has 1 N–H and O–H groups in total. The van der Waals surface area contributed by atoms with Gasteiger partial charge in [0.2, 0.25) is 0 Å². The molecule has 1 aliphatic rings. The van der Waals surface area contributed by atoms with Gasteiger partial charge in [-0.25, -0.2) is 9.69 Å². The van der Waals surface area contributed by atoms with E-state index in [1.165, 1.54) is 0 Å². The number of para-hydroxylation sites is 1. The van der Waals surface area contributed by atoms with Gasteiger partial charge in [-0.2, -0.15) is 0 Å². The first kappa shape index (κ1) is 22.8. The average molecular weight is 528 g/mol. The molecule has 1 aliphatic heterocycles. The molecule has 0 bridgehead atoms. The van der Waals surface area contributed by atoms with Gasteiger partial charge in [-0.15, -0.1) is 0 Å². The molecule has 1 fully saturated rings. The van der Waals surface area contributed by atoms with Crippen molar-refractivity contribution in [2.24, 2.45) is 0 Å². The summed E-state index contributed by atoms with van der Waals surface area (Å²) in [6.45, 7) is 4.53. The van der Waals surface area contributed by atoms with Crippen LogP contribution in [0, 0.1) is 13.8 Å². The molecule has 4 aromatic rings. The van der Waals surface area contributed by atoms with Crippen LogP contribution in [-0.2, 0) is 16.1 Å². The summed E-state index contributed by atoms with van der Waals surface area (Å²) in [7, 11) is 0. The van der Waals surface area contributed by atoms with Gasteiger partial charge >= 0.3 is 6.03 Å². The van der Waals surface area contributed by atoms with Gasteiger partial charge in [0.25, 0.3) is 11.8 Å². The topological polar surface area (TPSA) is 71.4 Å². The minimum atomic E-state index is -0.754. The van der Waals surface area contributed by atoms with Gasteiger partial charge in [-0.1, -0.05) is 64.0 Å². The monoisotopic (exact) mass is 527 g/mol. The quantitative estimate of drug-likeness (QED) is 0.272. The maximum atomic E-state index is 13.4. The fourth-order valence-corrected chi connectivity index (χ4v) is 4.61. The van der Waals surface area contributed by atoms with Crippen molar-refractivity contribution in [1.82, 2.24) is 9.88 Å². The van der Waals surface area contributed by atoms with Gasteiger partial charge in [0, 0.05) is 33.2 Å². The number of hydrogen-bond donors (Lipinski definition) is 1. The molecule has 0 radical (unpaired) electrons. The highest BCUT2D eigenvalue weighted by Crippen LogP contribution is 2.30. The molecule has 1 saturated heterocycles. The van der Waals surface area contributed by atoms with E-state index >= 15 is 0 Å². The highest BCUT2D eigenvalue weighted by Gasteiger charge is 2.37. The lowest BCUT2D eigenvalue weighted by Gasteiger charge is -2.26. The van der Waals surface area contributed by atoms with E-state index < -0.39 is 17.8 Å². The maximum Gasteiger partial charge on any atom is 0.335 e. The Morgan fingerprint density at radius 3 is 2.29 bits per heavy atom. The lowest BCUT2D eigenvalue weighted by Crippen LogP contribution is -2.54. The first-order valence-electron chi connectivity index (χ1n) is 11.1. The number of fused-ring (bicyclic) bond motifs is 1. The number of halogens is 1. The van der Waals surface area contributed by atoms with Crippen molar-refractivity contribution in [2.45, 2.75) is 20.4 Å². The van der Waals surface area contributed by atoms with Gasteiger partial charge in [-0.05, 0) is 55.8 Å². The predicted octanol–water partition coefficient (Wildman–Crippen LogP) is 5.74. The molecular weight excluding hydrogens is 506 g/mol. The summed E-state index contributed by atoms with van der Waals surface area (Å²) in [5, 5.41) is 3.24. The number of aromatic nitrogens is 1. The highest BCUT2D eigenvalue weighted by molar-refractivity contribution is 9.10. The van der Waals surface area contributed by atoms with Crippen molar-refractivity contribution in [3.05, 3.63) is 105 Å². The Kier molecular flexibility index (Phi) is 5.86. The zero-order chi connectivity index (χ0) is 24.7. The van der Waals surface area contributed by atoms with E-state index in [0.29, 0.717) is 12.2 Å². The van der Waals surface area contributed by atoms with Gasteiger partial charge < -0.3 is 4.57 Å². The predicted molar refractivity (Wildman–Crippen MR) is 140 cm³/mol. The Hall–Kier alpha value is -3.97. The molecular formula is C28H22BrN3O3. The lowest BCUT2D eigenvalue weighted by atomic mass is 10.0. The third kappa shape index (κ3) is 4.19. The fourth-order valence-electron chi connectivity index (χ4n) is 4.35. The number of urea groups is 1. The van der Waals surface area contributed by atoms with Crippen molar-refractivity contribution in [3.63, 3.8) is 0 Å². The van der Waals surface area contributed by atoms with Gasteiger partial charge in [0.15, 0.2) is 0 Å². The summed E-state index contributed by atoms with van der Waals surface area (Å²) in [5.41, 5.74) is 5.13. The van der Waals surface area contributed by atoms with Crippen LogP contribution in [0.4, 0.5) is 10.5 Å². The Bertz CT molecular complexity index is 1520. The molecule has 0 aliphatic carbocycles. The van der Waals surface area contributed by atoms with Gasteiger partial charge in [0.05, 0.1) is 5.69 Å². The number of nitrogens with one attached hydrogen (secondary N) is 1. The second kappa shape index (κ2) is 9.00. The van der Waals surface area contributed by atoms with Crippen molar-refractivity contribution in [1.29, 1.82) is 0 Å². The molecule has 0 spiro atoms. The molecule has 0 atom stereocenters. The summed E-state index contributed by atoms with van der Waals surface area (Å²) in [6.07, 6.45) is 1.60. The minimum Gasteiger partial charge on any atom is -0.340 e. The molecule has 2 heterocycles. The molecule has 6 nitrogen and oxygen atoms in total. The van der Waals surface area contributed by atoms with Crippen LogP contribution in [0.25, 0.3) is 17.0 Å². The summed E-state index contributed by atoms with van der Waals surface area (Å²) in [5.74, 6) is -1.35. The van der Waals surface area contributed by atoms with E-state index in [1.54, 1.807) is 18.2 Å². The van der Waals surface area contributed by atoms with E-state index in [2.05, 4.69) is 37.9 Å². The molecule has 7 heteroatoms. The number of nitrogens with zero attached hydrogens (tertiary/aromatic N) is 2.